The van der Waals surface area contributed by atoms with E-state index in [1.54, 1.807) is 0 Å². The van der Waals surface area contributed by atoms with Gasteiger partial charge in [-0.25, -0.2) is 9.69 Å². The normalized spacial score (nSPS) is 37.2. The molecular formula is C15H23NO5. The number of hydrogen-bond donors (Lipinski definition) is 0. The lowest BCUT2D eigenvalue weighted by atomic mass is 9.96. The van der Waals surface area contributed by atoms with Crippen molar-refractivity contribution >= 4 is 12.0 Å². The van der Waals surface area contributed by atoms with Gasteiger partial charge in [0.2, 0.25) is 5.91 Å². The molecule has 0 aromatic carbocycles. The highest BCUT2D eigenvalue weighted by atomic mass is 16.7. The third kappa shape index (κ3) is 2.92. The molecule has 21 heavy (non-hydrogen) atoms. The summed E-state index contributed by atoms with van der Waals surface area (Å²) in [5, 5.41) is 0. The molecule has 0 aromatic rings. The van der Waals surface area contributed by atoms with Crippen LogP contribution in [-0.4, -0.2) is 47.5 Å². The standard InChI is InChI=1S/C15H23NO5/c1-9-14-12(16(10(2)17)15(18)21-14)8-13(19-9)20-11-6-4-3-5-7-11/h9,11-14H,3-8H2,1-2H3/t9-,12-,13-,14+/m0/s1. The fourth-order valence-corrected chi connectivity index (χ4v) is 3.62. The molecule has 2 saturated heterocycles. The molecule has 0 spiro atoms. The topological polar surface area (TPSA) is 65.1 Å². The molecule has 118 valence electrons. The molecule has 2 heterocycles. The zero-order chi connectivity index (χ0) is 15.0. The fraction of sp³-hybridized carbons (Fsp3) is 0.867. The van der Waals surface area contributed by atoms with Gasteiger partial charge in [0, 0.05) is 13.3 Å². The summed E-state index contributed by atoms with van der Waals surface area (Å²) < 4.78 is 17.2. The molecule has 1 aliphatic carbocycles. The van der Waals surface area contributed by atoms with Gasteiger partial charge in [0.15, 0.2) is 12.4 Å². The van der Waals surface area contributed by atoms with Crippen molar-refractivity contribution in [3.8, 4) is 0 Å². The second-order valence-electron chi connectivity index (χ2n) is 6.21. The summed E-state index contributed by atoms with van der Waals surface area (Å²) in [5.74, 6) is -0.280. The van der Waals surface area contributed by atoms with E-state index in [2.05, 4.69) is 0 Å². The number of hydrogen-bond acceptors (Lipinski definition) is 5. The average molecular weight is 297 g/mol. The lowest BCUT2D eigenvalue weighted by Gasteiger charge is -2.38. The molecule has 0 radical (unpaired) electrons. The number of amides is 2. The maximum atomic E-state index is 11.8. The SMILES string of the molecule is CC(=O)N1C(=O)O[C@@H]2[C@H](C)O[C@@H](OC3CCCCC3)C[C@@H]21. The second kappa shape index (κ2) is 5.93. The van der Waals surface area contributed by atoms with Crippen molar-refractivity contribution in [1.82, 2.24) is 4.90 Å². The zero-order valence-corrected chi connectivity index (χ0v) is 12.6. The number of ether oxygens (including phenoxy) is 3. The summed E-state index contributed by atoms with van der Waals surface area (Å²) in [6, 6.07) is -0.271. The van der Waals surface area contributed by atoms with Crippen LogP contribution in [0.5, 0.6) is 0 Å². The third-order valence-corrected chi connectivity index (χ3v) is 4.64. The molecule has 0 unspecified atom stereocenters. The van der Waals surface area contributed by atoms with Crippen LogP contribution in [0.25, 0.3) is 0 Å². The molecule has 6 nitrogen and oxygen atoms in total. The third-order valence-electron chi connectivity index (χ3n) is 4.64. The van der Waals surface area contributed by atoms with Crippen molar-refractivity contribution in [2.24, 2.45) is 0 Å². The summed E-state index contributed by atoms with van der Waals surface area (Å²) in [6.07, 6.45) is 4.95. The lowest BCUT2D eigenvalue weighted by Crippen LogP contribution is -2.52. The van der Waals surface area contributed by atoms with E-state index >= 15 is 0 Å². The van der Waals surface area contributed by atoms with Crippen LogP contribution in [0.15, 0.2) is 0 Å². The number of imide groups is 1. The molecule has 0 bridgehead atoms. The van der Waals surface area contributed by atoms with Gasteiger partial charge in [0.05, 0.1) is 18.2 Å². The van der Waals surface area contributed by atoms with Crippen molar-refractivity contribution in [3.63, 3.8) is 0 Å². The number of fused-ring (bicyclic) bond motifs is 1. The molecule has 6 heteroatoms. The van der Waals surface area contributed by atoms with Gasteiger partial charge in [-0.1, -0.05) is 19.3 Å². The van der Waals surface area contributed by atoms with Crippen LogP contribution < -0.4 is 0 Å². The Morgan fingerprint density at radius 1 is 1.29 bits per heavy atom. The Kier molecular flexibility index (Phi) is 4.17. The van der Waals surface area contributed by atoms with Gasteiger partial charge in [0.1, 0.15) is 0 Å². The minimum atomic E-state index is -0.564. The van der Waals surface area contributed by atoms with Crippen LogP contribution in [0.4, 0.5) is 4.79 Å². The van der Waals surface area contributed by atoms with E-state index in [0.29, 0.717) is 6.42 Å². The van der Waals surface area contributed by atoms with Gasteiger partial charge in [-0.05, 0) is 19.8 Å². The van der Waals surface area contributed by atoms with E-state index in [0.717, 1.165) is 12.8 Å². The van der Waals surface area contributed by atoms with Crippen LogP contribution in [-0.2, 0) is 19.0 Å². The van der Waals surface area contributed by atoms with Crippen LogP contribution in [0.1, 0.15) is 52.4 Å². The van der Waals surface area contributed by atoms with E-state index in [-0.39, 0.29) is 36.6 Å². The number of carbonyl (C=O) groups excluding carboxylic acids is 2. The van der Waals surface area contributed by atoms with E-state index in [1.165, 1.54) is 31.1 Å². The Labute approximate surface area is 124 Å². The quantitative estimate of drug-likeness (QED) is 0.782. The smallest absolute Gasteiger partial charge is 0.417 e. The Hall–Kier alpha value is -1.14. The summed E-state index contributed by atoms with van der Waals surface area (Å²) in [7, 11) is 0. The average Bonchev–Trinajstić information content (AvgIpc) is 2.77. The fourth-order valence-electron chi connectivity index (χ4n) is 3.62. The second-order valence-corrected chi connectivity index (χ2v) is 6.21. The maximum Gasteiger partial charge on any atom is 0.417 e. The highest BCUT2D eigenvalue weighted by Crippen LogP contribution is 2.34. The summed E-state index contributed by atoms with van der Waals surface area (Å²) in [4.78, 5) is 24.7. The lowest BCUT2D eigenvalue weighted by molar-refractivity contribution is -0.239. The van der Waals surface area contributed by atoms with Crippen LogP contribution in [0.2, 0.25) is 0 Å². The van der Waals surface area contributed by atoms with Crippen molar-refractivity contribution in [3.05, 3.63) is 0 Å². The molecule has 0 aromatic heterocycles. The highest BCUT2D eigenvalue weighted by Gasteiger charge is 2.51. The van der Waals surface area contributed by atoms with E-state index < -0.39 is 6.09 Å². The van der Waals surface area contributed by atoms with Crippen LogP contribution >= 0.6 is 0 Å². The van der Waals surface area contributed by atoms with Gasteiger partial charge >= 0.3 is 6.09 Å². The molecule has 0 N–H and O–H groups in total. The Balaban J connectivity index is 1.66. The molecule has 3 aliphatic rings. The van der Waals surface area contributed by atoms with Crippen molar-refractivity contribution in [2.45, 2.75) is 83.0 Å². The molecule has 3 fully saturated rings. The van der Waals surface area contributed by atoms with Gasteiger partial charge in [-0.15, -0.1) is 0 Å². The van der Waals surface area contributed by atoms with E-state index in [9.17, 15) is 9.59 Å². The number of rotatable bonds is 2. The Morgan fingerprint density at radius 2 is 2.00 bits per heavy atom. The van der Waals surface area contributed by atoms with Crippen molar-refractivity contribution in [1.29, 1.82) is 0 Å². The maximum absolute atomic E-state index is 11.8. The van der Waals surface area contributed by atoms with Crippen molar-refractivity contribution < 1.29 is 23.8 Å². The van der Waals surface area contributed by atoms with Crippen molar-refractivity contribution in [2.75, 3.05) is 0 Å². The summed E-state index contributed by atoms with van der Waals surface area (Å²) in [6.45, 7) is 3.26. The van der Waals surface area contributed by atoms with Gasteiger partial charge < -0.3 is 14.2 Å². The van der Waals surface area contributed by atoms with Gasteiger partial charge in [-0.2, -0.15) is 0 Å². The largest absolute Gasteiger partial charge is 0.441 e. The monoisotopic (exact) mass is 297 g/mol. The first-order chi connectivity index (χ1) is 10.1. The van der Waals surface area contributed by atoms with Gasteiger partial charge in [-0.3, -0.25) is 4.79 Å². The first-order valence-electron chi connectivity index (χ1n) is 7.87. The predicted octanol–water partition coefficient (Wildman–Crippen LogP) is 2.21. The number of nitrogens with zero attached hydrogens (tertiary/aromatic N) is 1. The summed E-state index contributed by atoms with van der Waals surface area (Å²) in [5.41, 5.74) is 0. The van der Waals surface area contributed by atoms with Crippen LogP contribution in [0.3, 0.4) is 0 Å². The first-order valence-corrected chi connectivity index (χ1v) is 7.87. The van der Waals surface area contributed by atoms with E-state index in [4.69, 9.17) is 14.2 Å². The minimum Gasteiger partial charge on any atom is -0.441 e. The first kappa shape index (κ1) is 14.8. The van der Waals surface area contributed by atoms with E-state index in [1.807, 2.05) is 6.92 Å². The van der Waals surface area contributed by atoms with Crippen LogP contribution in [0, 0.1) is 0 Å². The summed E-state index contributed by atoms with van der Waals surface area (Å²) >= 11 is 0. The molecule has 3 rings (SSSR count). The van der Waals surface area contributed by atoms with Gasteiger partial charge in [0.25, 0.3) is 0 Å². The number of carbonyl (C=O) groups is 2. The molecule has 4 atom stereocenters. The highest BCUT2D eigenvalue weighted by molar-refractivity contribution is 5.92. The Bertz CT molecular complexity index is 420. The molecule has 2 amide bonds. The molecule has 2 aliphatic heterocycles. The molecular weight excluding hydrogens is 274 g/mol. The predicted molar refractivity (Wildman–Crippen MR) is 73.5 cm³/mol. The molecule has 1 saturated carbocycles. The zero-order valence-electron chi connectivity index (χ0n) is 12.6. The Morgan fingerprint density at radius 3 is 2.67 bits per heavy atom. The minimum absolute atomic E-state index is 0.233.